The number of aromatic nitrogens is 2. The molecule has 0 aliphatic carbocycles. The van der Waals surface area contributed by atoms with Crippen molar-refractivity contribution in [2.45, 2.75) is 79.1 Å². The molecule has 288 valence electrons. The van der Waals surface area contributed by atoms with Gasteiger partial charge in [-0.25, -0.2) is 0 Å². The van der Waals surface area contributed by atoms with Crippen molar-refractivity contribution in [2.75, 3.05) is 55.0 Å². The molecule has 0 atom stereocenters. The van der Waals surface area contributed by atoms with Gasteiger partial charge in [0.05, 0.1) is 9.75 Å². The molecule has 6 aromatic rings. The van der Waals surface area contributed by atoms with E-state index in [9.17, 15) is 0 Å². The molecule has 0 N–H and O–H groups in total. The maximum atomic E-state index is 4.97. The average Bonchev–Trinajstić information content (AvgIpc) is 3.93. The summed E-state index contributed by atoms with van der Waals surface area (Å²) in [6.07, 6.45) is 9.74. The maximum absolute atomic E-state index is 4.97. The van der Waals surface area contributed by atoms with Gasteiger partial charge in [-0.2, -0.15) is 0 Å². The number of benzene rings is 3. The van der Waals surface area contributed by atoms with E-state index in [0.717, 1.165) is 58.4 Å². The van der Waals surface area contributed by atoms with E-state index in [1.165, 1.54) is 89.3 Å². The summed E-state index contributed by atoms with van der Waals surface area (Å²) < 4.78 is 0. The molecular formula is C48H59N5S2. The van der Waals surface area contributed by atoms with Crippen molar-refractivity contribution in [1.82, 2.24) is 10.2 Å². The minimum atomic E-state index is 0.900. The normalized spacial score (nSPS) is 11.2. The second kappa shape index (κ2) is 19.9. The average molecular weight is 770 g/mol. The fraction of sp³-hybridized carbons (Fsp3) is 0.375. The number of rotatable bonds is 20. The Bertz CT molecular complexity index is 2030. The molecule has 3 aromatic heterocycles. The molecule has 0 aliphatic rings. The molecule has 0 unspecified atom stereocenters. The van der Waals surface area contributed by atoms with E-state index < -0.39 is 0 Å². The number of hydrogen-bond donors (Lipinski definition) is 0. The quantitative estimate of drug-likeness (QED) is 0.0773. The second-order valence-corrected chi connectivity index (χ2v) is 16.9. The van der Waals surface area contributed by atoms with Crippen LogP contribution in [-0.4, -0.2) is 50.5 Å². The molecule has 3 aromatic carbocycles. The van der Waals surface area contributed by atoms with Gasteiger partial charge in [-0.15, -0.1) is 32.9 Å². The van der Waals surface area contributed by atoms with Crippen LogP contribution in [0.4, 0.5) is 17.1 Å². The van der Waals surface area contributed by atoms with Crippen molar-refractivity contribution in [3.63, 3.8) is 0 Å². The number of nitrogens with zero attached hydrogens (tertiary/aromatic N) is 5. The van der Waals surface area contributed by atoms with Crippen LogP contribution in [0.25, 0.3) is 53.2 Å². The van der Waals surface area contributed by atoms with Crippen molar-refractivity contribution in [3.05, 3.63) is 103 Å². The lowest BCUT2D eigenvalue weighted by Crippen LogP contribution is -2.25. The first kappa shape index (κ1) is 40.2. The van der Waals surface area contributed by atoms with Gasteiger partial charge in [0.1, 0.15) is 11.4 Å². The minimum Gasteiger partial charge on any atom is -0.378 e. The summed E-state index contributed by atoms with van der Waals surface area (Å²) in [4.78, 5) is 12.0. The van der Waals surface area contributed by atoms with Gasteiger partial charge in [0.25, 0.3) is 0 Å². The monoisotopic (exact) mass is 769 g/mol. The standard InChI is InChI=1S/C48H59N5S2/c1-7-11-31-52(32-12-8-2)40-23-17-37(18-24-40)44-27-29-46(54-44)43-35-42(36-15-21-39(22-16-36)51(5)6)48(50-49-43)47-30-28-45(55-47)38-19-25-41(26-20-38)53(33-13-9-3)34-14-10-4/h15-30,35H,7-14,31-34H2,1-6H3. The van der Waals surface area contributed by atoms with Crippen LogP contribution in [0.1, 0.15) is 79.1 Å². The van der Waals surface area contributed by atoms with Crippen LogP contribution in [0.3, 0.4) is 0 Å². The van der Waals surface area contributed by atoms with Crippen molar-refractivity contribution < 1.29 is 0 Å². The molecule has 0 saturated carbocycles. The maximum Gasteiger partial charge on any atom is 0.111 e. The zero-order valence-corrected chi connectivity index (χ0v) is 35.5. The molecule has 3 heterocycles. The van der Waals surface area contributed by atoms with Gasteiger partial charge in [-0.3, -0.25) is 0 Å². The van der Waals surface area contributed by atoms with Crippen molar-refractivity contribution in [3.8, 4) is 53.2 Å². The number of hydrogen-bond acceptors (Lipinski definition) is 7. The second-order valence-electron chi connectivity index (χ2n) is 14.7. The summed E-state index contributed by atoms with van der Waals surface area (Å²) >= 11 is 3.57. The van der Waals surface area contributed by atoms with Crippen LogP contribution in [0.15, 0.2) is 103 Å². The Hall–Kier alpha value is -4.46. The van der Waals surface area contributed by atoms with Crippen LogP contribution in [-0.2, 0) is 0 Å². The number of anilines is 3. The van der Waals surface area contributed by atoms with Gasteiger partial charge in [-0.05, 0) is 109 Å². The zero-order chi connectivity index (χ0) is 38.6. The van der Waals surface area contributed by atoms with Crippen molar-refractivity contribution in [1.29, 1.82) is 0 Å². The van der Waals surface area contributed by atoms with Gasteiger partial charge in [0, 0.05) is 72.7 Å². The number of thiophene rings is 2. The van der Waals surface area contributed by atoms with E-state index in [2.05, 4.69) is 160 Å². The summed E-state index contributed by atoms with van der Waals surface area (Å²) in [5, 5.41) is 9.83. The van der Waals surface area contributed by atoms with Crippen LogP contribution in [0.5, 0.6) is 0 Å². The molecular weight excluding hydrogens is 711 g/mol. The highest BCUT2D eigenvalue weighted by Crippen LogP contribution is 2.41. The van der Waals surface area contributed by atoms with E-state index in [0.29, 0.717) is 0 Å². The Morgan fingerprint density at radius 3 is 1.29 bits per heavy atom. The molecule has 55 heavy (non-hydrogen) atoms. The summed E-state index contributed by atoms with van der Waals surface area (Å²) in [6, 6.07) is 38.2. The SMILES string of the molecule is CCCCN(CCCC)c1ccc(-c2ccc(-c3cc(-c4ccc(N(C)C)cc4)c(-c4ccc(-c5ccc(N(CCCC)CCCC)cc5)s4)nn3)s2)cc1. The zero-order valence-electron chi connectivity index (χ0n) is 33.9. The first-order valence-electron chi connectivity index (χ1n) is 20.5. The van der Waals surface area contributed by atoms with Crippen LogP contribution >= 0.6 is 22.7 Å². The predicted octanol–water partition coefficient (Wildman–Crippen LogP) is 13.8. The largest absolute Gasteiger partial charge is 0.378 e. The van der Waals surface area contributed by atoms with E-state index in [1.54, 1.807) is 22.7 Å². The predicted molar refractivity (Wildman–Crippen MR) is 243 cm³/mol. The molecule has 0 fully saturated rings. The molecule has 5 nitrogen and oxygen atoms in total. The first-order chi connectivity index (χ1) is 26.9. The van der Waals surface area contributed by atoms with E-state index in [-0.39, 0.29) is 0 Å². The Labute approximate surface area is 338 Å². The van der Waals surface area contributed by atoms with Crippen LogP contribution < -0.4 is 14.7 Å². The Morgan fingerprint density at radius 1 is 0.436 bits per heavy atom. The Balaban J connectivity index is 1.28. The Kier molecular flexibility index (Phi) is 14.6. The van der Waals surface area contributed by atoms with Crippen LogP contribution in [0, 0.1) is 0 Å². The lowest BCUT2D eigenvalue weighted by molar-refractivity contribution is 0.678. The molecule has 0 aliphatic heterocycles. The molecule has 7 heteroatoms. The molecule has 6 rings (SSSR count). The van der Waals surface area contributed by atoms with E-state index in [1.807, 2.05) is 0 Å². The highest BCUT2D eigenvalue weighted by molar-refractivity contribution is 7.19. The summed E-state index contributed by atoms with van der Waals surface area (Å²) in [6.45, 7) is 13.5. The summed E-state index contributed by atoms with van der Waals surface area (Å²) in [5.74, 6) is 0. The highest BCUT2D eigenvalue weighted by atomic mass is 32.1. The first-order valence-corrected chi connectivity index (χ1v) is 22.1. The van der Waals surface area contributed by atoms with Crippen molar-refractivity contribution in [2.24, 2.45) is 0 Å². The third-order valence-corrected chi connectivity index (χ3v) is 12.6. The van der Waals surface area contributed by atoms with Crippen molar-refractivity contribution >= 4 is 39.7 Å². The van der Waals surface area contributed by atoms with Crippen LogP contribution in [0.2, 0.25) is 0 Å². The van der Waals surface area contributed by atoms with Gasteiger partial charge in [-0.1, -0.05) is 89.8 Å². The topological polar surface area (TPSA) is 35.5 Å². The third kappa shape index (κ3) is 10.2. The van der Waals surface area contributed by atoms with Gasteiger partial charge < -0.3 is 14.7 Å². The lowest BCUT2D eigenvalue weighted by Gasteiger charge is -2.24. The Morgan fingerprint density at radius 2 is 0.836 bits per heavy atom. The molecule has 0 amide bonds. The summed E-state index contributed by atoms with van der Waals surface area (Å²) in [5.41, 5.74) is 10.3. The molecule has 0 spiro atoms. The van der Waals surface area contributed by atoms with E-state index in [4.69, 9.17) is 10.2 Å². The molecule has 0 saturated heterocycles. The van der Waals surface area contributed by atoms with Gasteiger partial charge >= 0.3 is 0 Å². The minimum absolute atomic E-state index is 0.900. The summed E-state index contributed by atoms with van der Waals surface area (Å²) in [7, 11) is 4.16. The highest BCUT2D eigenvalue weighted by Gasteiger charge is 2.18. The molecule has 0 radical (unpaired) electrons. The smallest absolute Gasteiger partial charge is 0.111 e. The third-order valence-electron chi connectivity index (χ3n) is 10.3. The fourth-order valence-corrected chi connectivity index (χ4v) is 8.89. The van der Waals surface area contributed by atoms with E-state index >= 15 is 0 Å². The molecule has 0 bridgehead atoms. The van der Waals surface area contributed by atoms with Gasteiger partial charge in [0.15, 0.2) is 0 Å². The number of unbranched alkanes of at least 4 members (excludes halogenated alkanes) is 4. The fourth-order valence-electron chi connectivity index (χ4n) is 6.91. The lowest BCUT2D eigenvalue weighted by atomic mass is 10.0. The van der Waals surface area contributed by atoms with Gasteiger partial charge in [0.2, 0.25) is 0 Å².